The average molecular weight is 205 g/mol. The molecule has 0 aliphatic heterocycles. The summed E-state index contributed by atoms with van der Waals surface area (Å²) in [6.45, 7) is 2.44. The largest absolute Gasteiger partial charge is 0.466 e. The number of nitrogens with one attached hydrogen (secondary N) is 1. The van der Waals surface area contributed by atoms with Crippen molar-refractivity contribution in [2.45, 2.75) is 25.8 Å². The van der Waals surface area contributed by atoms with Crippen LogP contribution in [0.3, 0.4) is 0 Å². The lowest BCUT2D eigenvalue weighted by atomic mass is 10.1. The Labute approximate surface area is 85.4 Å². The minimum Gasteiger partial charge on any atom is -0.466 e. The van der Waals surface area contributed by atoms with Gasteiger partial charge in [0, 0.05) is 13.0 Å². The molecule has 0 saturated heterocycles. The number of thiol groups is 1. The van der Waals surface area contributed by atoms with E-state index in [1.54, 1.807) is 0 Å². The Morgan fingerprint density at radius 1 is 1.69 bits per heavy atom. The molecular formula is C7H16BNO3S. The van der Waals surface area contributed by atoms with Crippen LogP contribution in [0.4, 0.5) is 0 Å². The second-order valence-corrected chi connectivity index (χ2v) is 3.02. The summed E-state index contributed by atoms with van der Waals surface area (Å²) in [6, 6.07) is 0.271. The van der Waals surface area contributed by atoms with E-state index >= 15 is 0 Å². The lowest BCUT2D eigenvalue weighted by Gasteiger charge is -2.13. The quantitative estimate of drug-likeness (QED) is 0.197. The van der Waals surface area contributed by atoms with E-state index in [1.807, 2.05) is 7.98 Å². The molecule has 0 aliphatic rings. The Kier molecular flexibility index (Phi) is 8.28. The highest BCUT2D eigenvalue weighted by molar-refractivity contribution is 7.75. The highest BCUT2D eigenvalue weighted by Crippen LogP contribution is 1.99. The molecule has 0 heterocycles. The van der Waals surface area contributed by atoms with Crippen molar-refractivity contribution in [2.75, 3.05) is 13.2 Å². The van der Waals surface area contributed by atoms with Crippen molar-refractivity contribution in [3.8, 4) is 0 Å². The number of hydrogen-bond acceptors (Lipinski definition) is 5. The molecule has 0 unspecified atom stereocenters. The third-order valence-corrected chi connectivity index (χ3v) is 1.84. The molecule has 0 spiro atoms. The van der Waals surface area contributed by atoms with Gasteiger partial charge in [-0.25, -0.2) is 0 Å². The molecule has 0 bridgehead atoms. The number of esters is 1. The predicted molar refractivity (Wildman–Crippen MR) is 56.3 cm³/mol. The van der Waals surface area contributed by atoms with Gasteiger partial charge in [0.1, 0.15) is 0 Å². The zero-order valence-corrected chi connectivity index (χ0v) is 8.97. The second kappa shape index (κ2) is 8.41. The zero-order chi connectivity index (χ0) is 10.1. The first-order valence-corrected chi connectivity index (χ1v) is 4.64. The first-order chi connectivity index (χ1) is 6.20. The highest BCUT2D eigenvalue weighted by atomic mass is 32.1. The first kappa shape index (κ1) is 12.8. The minimum atomic E-state index is -0.230. The molecule has 13 heavy (non-hydrogen) atoms. The van der Waals surface area contributed by atoms with Crippen LogP contribution in [0.5, 0.6) is 0 Å². The molecule has 0 aliphatic carbocycles. The molecule has 0 radical (unpaired) electrons. The molecule has 0 aromatic carbocycles. The van der Waals surface area contributed by atoms with E-state index in [0.717, 1.165) is 12.8 Å². The summed E-state index contributed by atoms with van der Waals surface area (Å²) < 4.78 is 9.49. The monoisotopic (exact) mass is 205 g/mol. The van der Waals surface area contributed by atoms with Crippen LogP contribution in [-0.4, -0.2) is 33.2 Å². The second-order valence-electron chi connectivity index (χ2n) is 2.76. The third-order valence-electron chi connectivity index (χ3n) is 1.69. The minimum absolute atomic E-state index is 0.230. The van der Waals surface area contributed by atoms with E-state index in [4.69, 9.17) is 8.92 Å². The number of carbonyl (C=O) groups excluding carboxylic acids is 1. The van der Waals surface area contributed by atoms with Crippen LogP contribution in [0.2, 0.25) is 0 Å². The molecule has 0 amide bonds. The summed E-state index contributed by atoms with van der Waals surface area (Å²) in [7, 11) is 1.86. The summed E-state index contributed by atoms with van der Waals surface area (Å²) in [5.74, 6) is -0.230. The van der Waals surface area contributed by atoms with E-state index in [1.165, 1.54) is 6.92 Å². The maximum absolute atomic E-state index is 10.4. The summed E-state index contributed by atoms with van der Waals surface area (Å²) >= 11 is 3.67. The predicted octanol–water partition coefficient (Wildman–Crippen LogP) is -0.303. The summed E-state index contributed by atoms with van der Waals surface area (Å²) in [5.41, 5.74) is 0. The summed E-state index contributed by atoms with van der Waals surface area (Å²) in [6.07, 6.45) is 1.74. The number of hydrogen-bond donors (Lipinski definition) is 2. The Morgan fingerprint density at radius 2 is 2.38 bits per heavy atom. The van der Waals surface area contributed by atoms with Gasteiger partial charge in [0.2, 0.25) is 0 Å². The zero-order valence-electron chi connectivity index (χ0n) is 8.08. The molecule has 0 aromatic heterocycles. The van der Waals surface area contributed by atoms with Crippen LogP contribution in [0.15, 0.2) is 0 Å². The van der Waals surface area contributed by atoms with Crippen molar-refractivity contribution in [1.29, 1.82) is 0 Å². The van der Waals surface area contributed by atoms with E-state index in [2.05, 4.69) is 18.1 Å². The van der Waals surface area contributed by atoms with Gasteiger partial charge >= 0.3 is 5.97 Å². The average Bonchev–Trinajstić information content (AvgIpc) is 2.10. The topological polar surface area (TPSA) is 47.6 Å². The maximum atomic E-state index is 10.4. The number of rotatable bonds is 7. The Morgan fingerprint density at radius 3 is 2.85 bits per heavy atom. The maximum Gasteiger partial charge on any atom is 0.302 e. The fourth-order valence-electron chi connectivity index (χ4n) is 0.947. The third kappa shape index (κ3) is 8.14. The van der Waals surface area contributed by atoms with Crippen LogP contribution in [0, 0.1) is 0 Å². The van der Waals surface area contributed by atoms with Crippen molar-refractivity contribution in [3.63, 3.8) is 0 Å². The normalized spacial score (nSPS) is 12.5. The van der Waals surface area contributed by atoms with Crippen molar-refractivity contribution < 1.29 is 13.7 Å². The van der Waals surface area contributed by atoms with E-state index < -0.39 is 0 Å². The molecule has 0 rings (SSSR count). The molecule has 4 nitrogen and oxygen atoms in total. The smallest absolute Gasteiger partial charge is 0.302 e. The van der Waals surface area contributed by atoms with Gasteiger partial charge in [-0.1, -0.05) is 0 Å². The molecule has 76 valence electrons. The van der Waals surface area contributed by atoms with Crippen LogP contribution >= 0.6 is 12.9 Å². The van der Waals surface area contributed by atoms with Gasteiger partial charge in [-0.3, -0.25) is 4.79 Å². The number of ether oxygens (including phenoxy) is 1. The molecule has 1 atom stereocenters. The summed E-state index contributed by atoms with van der Waals surface area (Å²) in [5, 5.41) is 3.08. The van der Waals surface area contributed by atoms with Gasteiger partial charge in [0.05, 0.1) is 13.2 Å². The van der Waals surface area contributed by atoms with Gasteiger partial charge in [-0.05, 0) is 25.8 Å². The molecule has 0 fully saturated rings. The molecule has 6 heteroatoms. The fourth-order valence-corrected chi connectivity index (χ4v) is 1.13. The highest BCUT2D eigenvalue weighted by Gasteiger charge is 2.04. The van der Waals surface area contributed by atoms with Gasteiger partial charge < -0.3 is 14.1 Å². The molecule has 1 N–H and O–H groups in total. The van der Waals surface area contributed by atoms with Crippen molar-refractivity contribution in [3.05, 3.63) is 0 Å². The van der Waals surface area contributed by atoms with Gasteiger partial charge in [0.25, 0.3) is 0 Å². The van der Waals surface area contributed by atoms with Crippen LogP contribution in [0.25, 0.3) is 0 Å². The SMILES string of the molecule is BN[C@@H](CCCOC(C)=O)COS. The molecule has 0 saturated carbocycles. The summed E-state index contributed by atoms with van der Waals surface area (Å²) in [4.78, 5) is 10.4. The van der Waals surface area contributed by atoms with E-state index in [9.17, 15) is 4.79 Å². The van der Waals surface area contributed by atoms with Crippen molar-refractivity contribution >= 4 is 26.9 Å². The van der Waals surface area contributed by atoms with Crippen LogP contribution in [-0.2, 0) is 13.7 Å². The Hall–Kier alpha value is -0.195. The Balaban J connectivity index is 3.32. The van der Waals surface area contributed by atoms with E-state index in [0.29, 0.717) is 13.2 Å². The van der Waals surface area contributed by atoms with Crippen molar-refractivity contribution in [1.82, 2.24) is 5.23 Å². The number of carbonyl (C=O) groups is 1. The molecule has 0 aromatic rings. The van der Waals surface area contributed by atoms with Crippen LogP contribution < -0.4 is 5.23 Å². The standard InChI is InChI=1S/C7H16BNO3S/c1-6(10)11-4-2-3-7(9-8)5-12-13/h7,9,13H,2-5,8H2,1H3/t7-/m0/s1. The lowest BCUT2D eigenvalue weighted by Crippen LogP contribution is -2.30. The lowest BCUT2D eigenvalue weighted by molar-refractivity contribution is -0.141. The fraction of sp³-hybridized carbons (Fsp3) is 0.857. The Bertz CT molecular complexity index is 148. The first-order valence-electron chi connectivity index (χ1n) is 4.27. The van der Waals surface area contributed by atoms with Gasteiger partial charge in [-0.2, -0.15) is 0 Å². The van der Waals surface area contributed by atoms with Gasteiger partial charge in [0.15, 0.2) is 7.98 Å². The van der Waals surface area contributed by atoms with Crippen molar-refractivity contribution in [2.24, 2.45) is 0 Å². The van der Waals surface area contributed by atoms with Crippen LogP contribution in [0.1, 0.15) is 19.8 Å². The van der Waals surface area contributed by atoms with Gasteiger partial charge in [-0.15, -0.1) is 0 Å². The van der Waals surface area contributed by atoms with E-state index in [-0.39, 0.29) is 12.0 Å². The molecular weight excluding hydrogens is 189 g/mol.